The summed E-state index contributed by atoms with van der Waals surface area (Å²) in [6.45, 7) is 1.31. The number of nitrogens with one attached hydrogen (secondary N) is 1. The van der Waals surface area contributed by atoms with E-state index in [0.29, 0.717) is 30.3 Å². The molecule has 0 unspecified atom stereocenters. The number of hydrogen-bond donors (Lipinski definition) is 1. The van der Waals surface area contributed by atoms with E-state index in [1.807, 2.05) is 12.1 Å². The molecule has 1 saturated heterocycles. The Bertz CT molecular complexity index is 929. The van der Waals surface area contributed by atoms with Crippen LogP contribution in [0.25, 0.3) is 0 Å². The maximum Gasteiger partial charge on any atom is 0.266 e. The standard InChI is InChI=1S/C23H22N4O/c24-15-20-8-4-5-9-22(20)26-17-21(16-25)23(28)27-12-10-19(11-13-27)14-18-6-2-1-3-7-18/h1-9,17,19,26H,10-14H2/b21-17-. The Balaban J connectivity index is 1.58. The Morgan fingerprint density at radius 2 is 1.75 bits per heavy atom. The summed E-state index contributed by atoms with van der Waals surface area (Å²) >= 11 is 0. The molecular formula is C23H22N4O. The summed E-state index contributed by atoms with van der Waals surface area (Å²) in [6, 6.07) is 21.4. The number of benzene rings is 2. The van der Waals surface area contributed by atoms with Crippen molar-refractivity contribution in [1.29, 1.82) is 10.5 Å². The molecule has 1 amide bonds. The van der Waals surface area contributed by atoms with Crippen LogP contribution in [-0.2, 0) is 11.2 Å². The number of rotatable bonds is 5. The molecule has 0 atom stereocenters. The largest absolute Gasteiger partial charge is 0.359 e. The van der Waals surface area contributed by atoms with Gasteiger partial charge in [-0.1, -0.05) is 42.5 Å². The predicted octanol–water partition coefficient (Wildman–Crippen LogP) is 3.86. The quantitative estimate of drug-likeness (QED) is 0.640. The van der Waals surface area contributed by atoms with Gasteiger partial charge in [0.05, 0.1) is 11.3 Å². The second-order valence-electron chi connectivity index (χ2n) is 6.90. The molecule has 3 rings (SSSR count). The summed E-state index contributed by atoms with van der Waals surface area (Å²) in [6.07, 6.45) is 4.29. The van der Waals surface area contributed by atoms with Gasteiger partial charge in [0, 0.05) is 19.3 Å². The van der Waals surface area contributed by atoms with Crippen molar-refractivity contribution in [3.63, 3.8) is 0 Å². The third kappa shape index (κ3) is 4.78. The molecule has 1 aliphatic heterocycles. The van der Waals surface area contributed by atoms with Crippen molar-refractivity contribution in [2.45, 2.75) is 19.3 Å². The van der Waals surface area contributed by atoms with Gasteiger partial charge in [0.25, 0.3) is 5.91 Å². The third-order valence-corrected chi connectivity index (χ3v) is 5.04. The van der Waals surface area contributed by atoms with E-state index in [1.54, 1.807) is 29.2 Å². The molecule has 0 saturated carbocycles. The topological polar surface area (TPSA) is 79.9 Å². The van der Waals surface area contributed by atoms with Crippen LogP contribution < -0.4 is 5.32 Å². The fourth-order valence-corrected chi connectivity index (χ4v) is 3.46. The van der Waals surface area contributed by atoms with Gasteiger partial charge in [-0.05, 0) is 42.9 Å². The second kappa shape index (κ2) is 9.39. The average Bonchev–Trinajstić information content (AvgIpc) is 2.75. The molecule has 0 aromatic heterocycles. The smallest absolute Gasteiger partial charge is 0.266 e. The number of likely N-dealkylation sites (tertiary alicyclic amines) is 1. The molecule has 0 radical (unpaired) electrons. The van der Waals surface area contributed by atoms with Gasteiger partial charge in [-0.3, -0.25) is 4.79 Å². The number of nitrogens with zero attached hydrogens (tertiary/aromatic N) is 3. The molecular weight excluding hydrogens is 348 g/mol. The molecule has 140 valence electrons. The highest BCUT2D eigenvalue weighted by Crippen LogP contribution is 2.23. The zero-order chi connectivity index (χ0) is 19.8. The zero-order valence-corrected chi connectivity index (χ0v) is 15.6. The Morgan fingerprint density at radius 1 is 1.07 bits per heavy atom. The molecule has 0 aliphatic carbocycles. The predicted molar refractivity (Wildman–Crippen MR) is 108 cm³/mol. The first-order valence-corrected chi connectivity index (χ1v) is 9.40. The van der Waals surface area contributed by atoms with E-state index in [2.05, 4.69) is 35.7 Å². The highest BCUT2D eigenvalue weighted by atomic mass is 16.2. The molecule has 1 heterocycles. The van der Waals surface area contributed by atoms with Gasteiger partial charge in [0.2, 0.25) is 0 Å². The van der Waals surface area contributed by atoms with Crippen LogP contribution in [0.15, 0.2) is 66.4 Å². The summed E-state index contributed by atoms with van der Waals surface area (Å²) in [4.78, 5) is 14.4. The molecule has 28 heavy (non-hydrogen) atoms. The molecule has 1 aliphatic rings. The van der Waals surface area contributed by atoms with Gasteiger partial charge < -0.3 is 10.2 Å². The lowest BCUT2D eigenvalue weighted by Gasteiger charge is -2.32. The number of carbonyl (C=O) groups excluding carboxylic acids is 1. The van der Waals surface area contributed by atoms with Crippen LogP contribution in [0.2, 0.25) is 0 Å². The van der Waals surface area contributed by atoms with Crippen molar-refractivity contribution in [2.75, 3.05) is 18.4 Å². The molecule has 1 N–H and O–H groups in total. The van der Waals surface area contributed by atoms with E-state index in [9.17, 15) is 10.1 Å². The highest BCUT2D eigenvalue weighted by molar-refractivity contribution is 5.97. The monoisotopic (exact) mass is 370 g/mol. The average molecular weight is 370 g/mol. The van der Waals surface area contributed by atoms with E-state index < -0.39 is 0 Å². The first-order chi connectivity index (χ1) is 13.7. The lowest BCUT2D eigenvalue weighted by atomic mass is 9.90. The maximum absolute atomic E-state index is 12.7. The Kier molecular flexibility index (Phi) is 6.44. The van der Waals surface area contributed by atoms with Gasteiger partial charge in [0.15, 0.2) is 0 Å². The molecule has 2 aromatic rings. The Hall–Kier alpha value is -3.57. The number of piperidine rings is 1. The maximum atomic E-state index is 12.7. The summed E-state index contributed by atoms with van der Waals surface area (Å²) in [5.41, 5.74) is 2.41. The second-order valence-corrected chi connectivity index (χ2v) is 6.90. The summed E-state index contributed by atoms with van der Waals surface area (Å²) in [5, 5.41) is 21.5. The minimum atomic E-state index is -0.261. The van der Waals surface area contributed by atoms with E-state index in [-0.39, 0.29) is 11.5 Å². The molecule has 0 bridgehead atoms. The van der Waals surface area contributed by atoms with E-state index in [1.165, 1.54) is 11.8 Å². The van der Waals surface area contributed by atoms with Crippen molar-refractivity contribution in [2.24, 2.45) is 5.92 Å². The summed E-state index contributed by atoms with van der Waals surface area (Å²) < 4.78 is 0. The van der Waals surface area contributed by atoms with Crippen molar-refractivity contribution >= 4 is 11.6 Å². The summed E-state index contributed by atoms with van der Waals surface area (Å²) in [7, 11) is 0. The number of hydrogen-bond acceptors (Lipinski definition) is 4. The number of para-hydroxylation sites is 1. The third-order valence-electron chi connectivity index (χ3n) is 5.04. The van der Waals surface area contributed by atoms with Crippen molar-refractivity contribution < 1.29 is 4.79 Å². The fourth-order valence-electron chi connectivity index (χ4n) is 3.46. The van der Waals surface area contributed by atoms with Gasteiger partial charge >= 0.3 is 0 Å². The fraction of sp³-hybridized carbons (Fsp3) is 0.261. The SMILES string of the molecule is N#C/C(=C/Nc1ccccc1C#N)C(=O)N1CCC(Cc2ccccc2)CC1. The highest BCUT2D eigenvalue weighted by Gasteiger charge is 2.25. The van der Waals surface area contributed by atoms with Crippen LogP contribution in [0.5, 0.6) is 0 Å². The number of amides is 1. The molecule has 5 nitrogen and oxygen atoms in total. The van der Waals surface area contributed by atoms with Crippen molar-refractivity contribution in [3.05, 3.63) is 77.5 Å². The zero-order valence-electron chi connectivity index (χ0n) is 15.6. The molecule has 5 heteroatoms. The lowest BCUT2D eigenvalue weighted by molar-refractivity contribution is -0.128. The lowest BCUT2D eigenvalue weighted by Crippen LogP contribution is -2.39. The van der Waals surface area contributed by atoms with Crippen LogP contribution in [0.3, 0.4) is 0 Å². The number of nitriles is 2. The van der Waals surface area contributed by atoms with E-state index in [0.717, 1.165) is 19.3 Å². The Labute approximate surface area is 165 Å². The normalized spacial score (nSPS) is 14.8. The Morgan fingerprint density at radius 3 is 2.43 bits per heavy atom. The molecule has 0 spiro atoms. The van der Waals surface area contributed by atoms with Crippen molar-refractivity contribution in [1.82, 2.24) is 4.90 Å². The van der Waals surface area contributed by atoms with Gasteiger partial charge in [-0.15, -0.1) is 0 Å². The first-order valence-electron chi connectivity index (χ1n) is 9.40. The van der Waals surface area contributed by atoms with Crippen LogP contribution >= 0.6 is 0 Å². The van der Waals surface area contributed by atoms with E-state index >= 15 is 0 Å². The molecule has 2 aromatic carbocycles. The summed E-state index contributed by atoms with van der Waals surface area (Å²) in [5.74, 6) is 0.296. The van der Waals surface area contributed by atoms with Crippen LogP contribution in [-0.4, -0.2) is 23.9 Å². The van der Waals surface area contributed by atoms with E-state index in [4.69, 9.17) is 5.26 Å². The molecule has 1 fully saturated rings. The van der Waals surface area contributed by atoms with Gasteiger partial charge in [-0.2, -0.15) is 10.5 Å². The van der Waals surface area contributed by atoms with Crippen molar-refractivity contribution in [3.8, 4) is 12.1 Å². The minimum Gasteiger partial charge on any atom is -0.359 e. The van der Waals surface area contributed by atoms with Crippen LogP contribution in [0, 0.1) is 28.6 Å². The minimum absolute atomic E-state index is 0.0502. The van der Waals surface area contributed by atoms with Crippen LogP contribution in [0.4, 0.5) is 5.69 Å². The first kappa shape index (κ1) is 19.2. The van der Waals surface area contributed by atoms with Gasteiger partial charge in [0.1, 0.15) is 17.7 Å². The number of anilines is 1. The van der Waals surface area contributed by atoms with Crippen LogP contribution in [0.1, 0.15) is 24.0 Å². The van der Waals surface area contributed by atoms with Gasteiger partial charge in [-0.25, -0.2) is 0 Å². The number of carbonyl (C=O) groups is 1.